The number of hydrogen-bond acceptors (Lipinski definition) is 4. The lowest BCUT2D eigenvalue weighted by Gasteiger charge is -2.13. The summed E-state index contributed by atoms with van der Waals surface area (Å²) in [6.07, 6.45) is 0. The lowest BCUT2D eigenvalue weighted by molar-refractivity contribution is -0.114. The van der Waals surface area contributed by atoms with E-state index in [0.29, 0.717) is 5.69 Å². The van der Waals surface area contributed by atoms with Crippen LogP contribution >= 0.6 is 0 Å². The van der Waals surface area contributed by atoms with E-state index >= 15 is 0 Å². The highest BCUT2D eigenvalue weighted by Gasteiger charge is 2.16. The van der Waals surface area contributed by atoms with Crippen LogP contribution in [-0.2, 0) is 14.8 Å². The third kappa shape index (κ3) is 4.58. The average molecular weight is 361 g/mol. The van der Waals surface area contributed by atoms with Crippen LogP contribution in [0.4, 0.5) is 11.4 Å². The number of nitrogens with zero attached hydrogens (tertiary/aromatic N) is 1. The molecule has 0 radical (unpaired) electrons. The summed E-state index contributed by atoms with van der Waals surface area (Å²) in [5.74, 6) is -0.205. The van der Waals surface area contributed by atoms with Gasteiger partial charge in [0.2, 0.25) is 15.9 Å². The SMILES string of the molecule is Cc1cccc(NCC(=O)Nc2ccc(S(=O)(=O)N(C)C)cc2)c1C. The molecule has 1 amide bonds. The van der Waals surface area contributed by atoms with Crippen molar-refractivity contribution in [3.8, 4) is 0 Å². The second-order valence-electron chi connectivity index (χ2n) is 5.96. The fourth-order valence-corrected chi connectivity index (χ4v) is 3.15. The topological polar surface area (TPSA) is 78.5 Å². The fraction of sp³-hybridized carbons (Fsp3) is 0.278. The summed E-state index contributed by atoms with van der Waals surface area (Å²) in [7, 11) is -0.517. The molecule has 0 saturated heterocycles. The first kappa shape index (κ1) is 19.0. The van der Waals surface area contributed by atoms with Crippen molar-refractivity contribution >= 4 is 27.3 Å². The lowest BCUT2D eigenvalue weighted by atomic mass is 10.1. The number of anilines is 2. The third-order valence-corrected chi connectivity index (χ3v) is 5.79. The second-order valence-corrected chi connectivity index (χ2v) is 8.11. The molecule has 0 aliphatic carbocycles. The Morgan fingerprint density at radius 3 is 2.28 bits per heavy atom. The van der Waals surface area contributed by atoms with E-state index in [1.165, 1.54) is 26.2 Å². The van der Waals surface area contributed by atoms with Crippen LogP contribution in [0.25, 0.3) is 0 Å². The molecule has 0 unspecified atom stereocenters. The molecule has 25 heavy (non-hydrogen) atoms. The smallest absolute Gasteiger partial charge is 0.243 e. The van der Waals surface area contributed by atoms with Crippen molar-refractivity contribution in [3.05, 3.63) is 53.6 Å². The number of hydrogen-bond donors (Lipinski definition) is 2. The van der Waals surface area contributed by atoms with Crippen LogP contribution in [0.15, 0.2) is 47.4 Å². The molecule has 2 aromatic rings. The highest BCUT2D eigenvalue weighted by atomic mass is 32.2. The first-order chi connectivity index (χ1) is 11.7. The van der Waals surface area contributed by atoms with Gasteiger partial charge < -0.3 is 10.6 Å². The largest absolute Gasteiger partial charge is 0.376 e. The molecule has 0 spiro atoms. The zero-order valence-electron chi connectivity index (χ0n) is 14.8. The van der Waals surface area contributed by atoms with Gasteiger partial charge in [0.05, 0.1) is 11.4 Å². The summed E-state index contributed by atoms with van der Waals surface area (Å²) in [5, 5.41) is 5.85. The van der Waals surface area contributed by atoms with E-state index in [1.807, 2.05) is 32.0 Å². The van der Waals surface area contributed by atoms with Crippen molar-refractivity contribution in [1.29, 1.82) is 0 Å². The number of carbonyl (C=O) groups is 1. The van der Waals surface area contributed by atoms with Crippen LogP contribution in [0.1, 0.15) is 11.1 Å². The molecule has 0 heterocycles. The summed E-state index contributed by atoms with van der Waals surface area (Å²) in [4.78, 5) is 12.3. The summed E-state index contributed by atoms with van der Waals surface area (Å²) in [6.45, 7) is 4.14. The number of carbonyl (C=O) groups excluding carboxylic acids is 1. The number of benzene rings is 2. The predicted octanol–water partition coefficient (Wildman–Crippen LogP) is 2.60. The predicted molar refractivity (Wildman–Crippen MR) is 100 cm³/mol. The van der Waals surface area contributed by atoms with Gasteiger partial charge >= 0.3 is 0 Å². The number of amides is 1. The number of rotatable bonds is 6. The Bertz CT molecular complexity index is 860. The number of aryl methyl sites for hydroxylation is 1. The zero-order chi connectivity index (χ0) is 18.6. The molecule has 7 heteroatoms. The lowest BCUT2D eigenvalue weighted by Crippen LogP contribution is -2.23. The van der Waals surface area contributed by atoms with Gasteiger partial charge in [-0.25, -0.2) is 12.7 Å². The van der Waals surface area contributed by atoms with Crippen LogP contribution in [-0.4, -0.2) is 39.3 Å². The molecular weight excluding hydrogens is 338 g/mol. The first-order valence-corrected chi connectivity index (χ1v) is 9.28. The summed E-state index contributed by atoms with van der Waals surface area (Å²) in [5.41, 5.74) is 3.73. The van der Waals surface area contributed by atoms with Gasteiger partial charge in [-0.15, -0.1) is 0 Å². The van der Waals surface area contributed by atoms with E-state index in [0.717, 1.165) is 21.1 Å². The van der Waals surface area contributed by atoms with E-state index < -0.39 is 10.0 Å². The van der Waals surface area contributed by atoms with Gasteiger partial charge in [0.1, 0.15) is 0 Å². The van der Waals surface area contributed by atoms with Crippen molar-refractivity contribution < 1.29 is 13.2 Å². The van der Waals surface area contributed by atoms with Crippen molar-refractivity contribution in [1.82, 2.24) is 4.31 Å². The van der Waals surface area contributed by atoms with Gasteiger partial charge in [0, 0.05) is 25.5 Å². The Hall–Kier alpha value is -2.38. The molecule has 0 aromatic heterocycles. The quantitative estimate of drug-likeness (QED) is 0.829. The summed E-state index contributed by atoms with van der Waals surface area (Å²) in [6, 6.07) is 12.0. The van der Waals surface area contributed by atoms with E-state index in [2.05, 4.69) is 10.6 Å². The van der Waals surface area contributed by atoms with E-state index in [9.17, 15) is 13.2 Å². The van der Waals surface area contributed by atoms with Gasteiger partial charge in [-0.3, -0.25) is 4.79 Å². The fourth-order valence-electron chi connectivity index (χ4n) is 2.24. The van der Waals surface area contributed by atoms with Crippen LogP contribution in [0.5, 0.6) is 0 Å². The van der Waals surface area contributed by atoms with Crippen molar-refractivity contribution in [3.63, 3.8) is 0 Å². The molecule has 2 N–H and O–H groups in total. The number of nitrogens with one attached hydrogen (secondary N) is 2. The summed E-state index contributed by atoms with van der Waals surface area (Å²) >= 11 is 0. The van der Waals surface area contributed by atoms with Crippen LogP contribution in [0.2, 0.25) is 0 Å². The minimum atomic E-state index is -3.47. The molecule has 0 bridgehead atoms. The minimum absolute atomic E-state index is 0.127. The summed E-state index contributed by atoms with van der Waals surface area (Å²) < 4.78 is 25.2. The Morgan fingerprint density at radius 1 is 1.04 bits per heavy atom. The number of sulfonamides is 1. The van der Waals surface area contributed by atoms with Gasteiger partial charge in [-0.2, -0.15) is 0 Å². The van der Waals surface area contributed by atoms with E-state index in [4.69, 9.17) is 0 Å². The van der Waals surface area contributed by atoms with Crippen molar-refractivity contribution in [2.24, 2.45) is 0 Å². The molecule has 0 saturated carbocycles. The molecular formula is C18H23N3O3S. The highest BCUT2D eigenvalue weighted by Crippen LogP contribution is 2.18. The molecule has 0 fully saturated rings. The standard InChI is InChI=1S/C18H23N3O3S/c1-13-6-5-7-17(14(13)2)19-12-18(22)20-15-8-10-16(11-9-15)25(23,24)21(3)4/h5-11,19H,12H2,1-4H3,(H,20,22). The molecule has 134 valence electrons. The Kier molecular flexibility index (Phi) is 5.81. The van der Waals surface area contributed by atoms with Gasteiger partial charge in [0.15, 0.2) is 0 Å². The Morgan fingerprint density at radius 2 is 1.68 bits per heavy atom. The maximum Gasteiger partial charge on any atom is 0.243 e. The normalized spacial score (nSPS) is 11.4. The second kappa shape index (κ2) is 7.67. The van der Waals surface area contributed by atoms with Gasteiger partial charge in [-0.1, -0.05) is 12.1 Å². The zero-order valence-corrected chi connectivity index (χ0v) is 15.6. The average Bonchev–Trinajstić information content (AvgIpc) is 2.56. The van der Waals surface area contributed by atoms with Gasteiger partial charge in [0.25, 0.3) is 0 Å². The molecule has 6 nitrogen and oxygen atoms in total. The van der Waals surface area contributed by atoms with Crippen LogP contribution in [0, 0.1) is 13.8 Å². The molecule has 0 atom stereocenters. The highest BCUT2D eigenvalue weighted by molar-refractivity contribution is 7.89. The van der Waals surface area contributed by atoms with Crippen LogP contribution < -0.4 is 10.6 Å². The Labute approximate surface area is 148 Å². The maximum absolute atomic E-state index is 12.1. The molecule has 2 rings (SSSR count). The van der Waals surface area contributed by atoms with Crippen LogP contribution in [0.3, 0.4) is 0 Å². The first-order valence-electron chi connectivity index (χ1n) is 7.84. The molecule has 2 aromatic carbocycles. The Balaban J connectivity index is 1.98. The molecule has 0 aliphatic heterocycles. The third-order valence-electron chi connectivity index (χ3n) is 3.96. The maximum atomic E-state index is 12.1. The van der Waals surface area contributed by atoms with Crippen molar-refractivity contribution in [2.75, 3.05) is 31.3 Å². The minimum Gasteiger partial charge on any atom is -0.376 e. The molecule has 0 aliphatic rings. The van der Waals surface area contributed by atoms with Crippen molar-refractivity contribution in [2.45, 2.75) is 18.7 Å². The monoisotopic (exact) mass is 361 g/mol. The van der Waals surface area contributed by atoms with E-state index in [1.54, 1.807) is 12.1 Å². The van der Waals surface area contributed by atoms with Gasteiger partial charge in [-0.05, 0) is 55.3 Å². The van der Waals surface area contributed by atoms with E-state index in [-0.39, 0.29) is 17.3 Å².